The first-order valence-corrected chi connectivity index (χ1v) is 9.60. The zero-order valence-electron chi connectivity index (χ0n) is 13.3. The maximum atomic E-state index is 12.8. The van der Waals surface area contributed by atoms with E-state index in [1.807, 2.05) is 30.0 Å². The second kappa shape index (κ2) is 7.77. The number of amides is 1. The first-order valence-electron chi connectivity index (χ1n) is 7.86. The van der Waals surface area contributed by atoms with Crippen LogP contribution in [-0.2, 0) is 4.79 Å². The van der Waals surface area contributed by atoms with Crippen molar-refractivity contribution in [2.24, 2.45) is 0 Å². The molecule has 1 fully saturated rings. The number of halogens is 2. The molecule has 6 heteroatoms. The molecular formula is C18H18Cl2N2OS. The van der Waals surface area contributed by atoms with Crippen molar-refractivity contribution in [2.45, 2.75) is 36.7 Å². The number of pyridine rings is 1. The normalized spacial score (nSPS) is 15.1. The maximum Gasteiger partial charge on any atom is 0.233 e. The summed E-state index contributed by atoms with van der Waals surface area (Å²) in [6.07, 6.45) is 3.89. The molecule has 1 unspecified atom stereocenters. The van der Waals surface area contributed by atoms with Gasteiger partial charge in [-0.2, -0.15) is 0 Å². The standard InChI is InChI=1S/C18H18Cl2N2OS/c1-12(16-4-2-3-9-21-16)22(14-6-7-14)18(23)11-24-17-10-13(19)5-8-15(17)20/h2-5,8-10,12,14H,6-7,11H2,1H3. The topological polar surface area (TPSA) is 33.2 Å². The Hall–Kier alpha value is -1.23. The van der Waals surface area contributed by atoms with E-state index in [0.29, 0.717) is 21.8 Å². The highest BCUT2D eigenvalue weighted by Gasteiger charge is 2.36. The van der Waals surface area contributed by atoms with Crippen molar-refractivity contribution >= 4 is 40.9 Å². The number of carbonyl (C=O) groups is 1. The molecule has 2 aromatic rings. The zero-order valence-corrected chi connectivity index (χ0v) is 15.6. The van der Waals surface area contributed by atoms with Crippen LogP contribution in [0.1, 0.15) is 31.5 Å². The van der Waals surface area contributed by atoms with Gasteiger partial charge >= 0.3 is 0 Å². The molecule has 0 aliphatic heterocycles. The summed E-state index contributed by atoms with van der Waals surface area (Å²) in [6.45, 7) is 2.04. The van der Waals surface area contributed by atoms with Crippen LogP contribution in [0.3, 0.4) is 0 Å². The van der Waals surface area contributed by atoms with Gasteiger partial charge in [0.25, 0.3) is 0 Å². The number of hydrogen-bond acceptors (Lipinski definition) is 3. The van der Waals surface area contributed by atoms with Crippen molar-refractivity contribution in [1.29, 1.82) is 0 Å². The van der Waals surface area contributed by atoms with Gasteiger partial charge in [0, 0.05) is 22.2 Å². The lowest BCUT2D eigenvalue weighted by Gasteiger charge is -2.29. The average molecular weight is 381 g/mol. The molecule has 1 aromatic heterocycles. The van der Waals surface area contributed by atoms with E-state index >= 15 is 0 Å². The van der Waals surface area contributed by atoms with E-state index in [1.54, 1.807) is 24.4 Å². The summed E-state index contributed by atoms with van der Waals surface area (Å²) in [5, 5.41) is 1.24. The first kappa shape index (κ1) is 17.6. The van der Waals surface area contributed by atoms with Crippen molar-refractivity contribution in [2.75, 3.05) is 5.75 Å². The third-order valence-electron chi connectivity index (χ3n) is 4.01. The third kappa shape index (κ3) is 4.24. The Morgan fingerprint density at radius 3 is 2.79 bits per heavy atom. The largest absolute Gasteiger partial charge is 0.331 e. The van der Waals surface area contributed by atoms with E-state index in [9.17, 15) is 4.79 Å². The predicted molar refractivity (Wildman–Crippen MR) is 99.7 cm³/mol. The Bertz CT molecular complexity index is 722. The van der Waals surface area contributed by atoms with Gasteiger partial charge in [0.1, 0.15) is 0 Å². The second-order valence-corrected chi connectivity index (χ2v) is 7.69. The molecule has 1 aliphatic rings. The highest BCUT2D eigenvalue weighted by Crippen LogP contribution is 2.36. The van der Waals surface area contributed by atoms with Crippen molar-refractivity contribution in [3.63, 3.8) is 0 Å². The van der Waals surface area contributed by atoms with Crippen LogP contribution in [0.2, 0.25) is 10.0 Å². The lowest BCUT2D eigenvalue weighted by Crippen LogP contribution is -2.37. The van der Waals surface area contributed by atoms with Crippen molar-refractivity contribution < 1.29 is 4.79 Å². The molecule has 3 nitrogen and oxygen atoms in total. The van der Waals surface area contributed by atoms with E-state index < -0.39 is 0 Å². The van der Waals surface area contributed by atoms with Crippen LogP contribution in [-0.4, -0.2) is 27.6 Å². The monoisotopic (exact) mass is 380 g/mol. The van der Waals surface area contributed by atoms with Crippen LogP contribution in [0.15, 0.2) is 47.5 Å². The highest BCUT2D eigenvalue weighted by atomic mass is 35.5. The minimum absolute atomic E-state index is 0.0263. The molecule has 1 atom stereocenters. The van der Waals surface area contributed by atoms with Crippen LogP contribution >= 0.6 is 35.0 Å². The summed E-state index contributed by atoms with van der Waals surface area (Å²) in [5.41, 5.74) is 0.920. The van der Waals surface area contributed by atoms with Crippen LogP contribution in [0.25, 0.3) is 0 Å². The lowest BCUT2D eigenvalue weighted by molar-refractivity contribution is -0.131. The molecule has 0 bridgehead atoms. The number of benzene rings is 1. The van der Waals surface area contributed by atoms with Gasteiger partial charge in [0.05, 0.1) is 22.5 Å². The van der Waals surface area contributed by atoms with Crippen molar-refractivity contribution in [3.8, 4) is 0 Å². The van der Waals surface area contributed by atoms with Gasteiger partial charge in [0.2, 0.25) is 5.91 Å². The molecule has 1 heterocycles. The molecule has 1 aromatic carbocycles. The van der Waals surface area contributed by atoms with E-state index in [1.165, 1.54) is 11.8 Å². The zero-order chi connectivity index (χ0) is 17.1. The summed E-state index contributed by atoms with van der Waals surface area (Å²) in [4.78, 5) is 20.0. The van der Waals surface area contributed by atoms with Crippen molar-refractivity contribution in [1.82, 2.24) is 9.88 Å². The number of carbonyl (C=O) groups excluding carboxylic acids is 1. The number of hydrogen-bond donors (Lipinski definition) is 0. The van der Waals surface area contributed by atoms with Crippen LogP contribution in [0.4, 0.5) is 0 Å². The minimum atomic E-state index is -0.0263. The molecule has 0 N–H and O–H groups in total. The smallest absolute Gasteiger partial charge is 0.233 e. The summed E-state index contributed by atoms with van der Waals surface area (Å²) in [7, 11) is 0. The van der Waals surface area contributed by atoms with Crippen LogP contribution < -0.4 is 0 Å². The molecule has 1 amide bonds. The SMILES string of the molecule is CC(c1ccccn1)N(C(=O)CSc1cc(Cl)ccc1Cl)C1CC1. The Labute approximate surface area is 156 Å². The van der Waals surface area contributed by atoms with E-state index in [0.717, 1.165) is 23.4 Å². The lowest BCUT2D eigenvalue weighted by atomic mass is 10.1. The fourth-order valence-corrected chi connectivity index (χ4v) is 4.02. The second-order valence-electron chi connectivity index (χ2n) is 5.83. The van der Waals surface area contributed by atoms with Gasteiger partial charge in [-0.1, -0.05) is 29.3 Å². The molecule has 126 valence electrons. The summed E-state index contributed by atoms with van der Waals surface area (Å²) >= 11 is 13.6. The molecule has 3 rings (SSSR count). The minimum Gasteiger partial charge on any atom is -0.331 e. The fourth-order valence-electron chi connectivity index (χ4n) is 2.66. The molecule has 24 heavy (non-hydrogen) atoms. The number of thioether (sulfide) groups is 1. The maximum absolute atomic E-state index is 12.8. The first-order chi connectivity index (χ1) is 11.6. The predicted octanol–water partition coefficient (Wildman–Crippen LogP) is 5.23. The van der Waals surface area contributed by atoms with Gasteiger partial charge in [0.15, 0.2) is 0 Å². The number of rotatable bonds is 6. The van der Waals surface area contributed by atoms with E-state index in [-0.39, 0.29) is 11.9 Å². The Morgan fingerprint density at radius 1 is 1.33 bits per heavy atom. The molecule has 1 aliphatic carbocycles. The summed E-state index contributed by atoms with van der Waals surface area (Å²) in [6, 6.07) is 11.4. The van der Waals surface area contributed by atoms with Gasteiger partial charge in [-0.05, 0) is 50.1 Å². The quantitative estimate of drug-likeness (QED) is 0.642. The van der Waals surface area contributed by atoms with E-state index in [4.69, 9.17) is 23.2 Å². The van der Waals surface area contributed by atoms with Gasteiger partial charge in [-0.25, -0.2) is 0 Å². The number of nitrogens with zero attached hydrogens (tertiary/aromatic N) is 2. The van der Waals surface area contributed by atoms with Crippen molar-refractivity contribution in [3.05, 3.63) is 58.3 Å². The van der Waals surface area contributed by atoms with Gasteiger partial charge < -0.3 is 4.90 Å². The van der Waals surface area contributed by atoms with Gasteiger partial charge in [-0.15, -0.1) is 11.8 Å². The molecule has 1 saturated carbocycles. The molecule has 0 spiro atoms. The van der Waals surface area contributed by atoms with Crippen LogP contribution in [0, 0.1) is 0 Å². The molecule has 0 saturated heterocycles. The highest BCUT2D eigenvalue weighted by molar-refractivity contribution is 8.00. The van der Waals surface area contributed by atoms with E-state index in [2.05, 4.69) is 4.98 Å². The molecule has 0 radical (unpaired) electrons. The number of aromatic nitrogens is 1. The van der Waals surface area contributed by atoms with Gasteiger partial charge in [-0.3, -0.25) is 9.78 Å². The van der Waals surface area contributed by atoms with Crippen LogP contribution in [0.5, 0.6) is 0 Å². The average Bonchev–Trinajstić information content (AvgIpc) is 3.41. The molecular weight excluding hydrogens is 363 g/mol. The Balaban J connectivity index is 1.70. The third-order valence-corrected chi connectivity index (χ3v) is 5.72. The summed E-state index contributed by atoms with van der Waals surface area (Å²) in [5.74, 6) is 0.449. The Kier molecular flexibility index (Phi) is 5.69. The summed E-state index contributed by atoms with van der Waals surface area (Å²) < 4.78 is 0. The Morgan fingerprint density at radius 2 is 2.12 bits per heavy atom. The fraction of sp³-hybridized carbons (Fsp3) is 0.333.